The second-order valence-corrected chi connectivity index (χ2v) is 4.81. The van der Waals surface area contributed by atoms with Gasteiger partial charge < -0.3 is 0 Å². The van der Waals surface area contributed by atoms with Gasteiger partial charge in [0.25, 0.3) is 0 Å². The summed E-state index contributed by atoms with van der Waals surface area (Å²) in [6.45, 7) is 0. The average molecular weight is 265 g/mol. The molecule has 1 radical (unpaired) electrons. The van der Waals surface area contributed by atoms with Gasteiger partial charge in [-0.15, -0.1) is 0 Å². The molecule has 2 nitrogen and oxygen atoms in total. The van der Waals surface area contributed by atoms with E-state index < -0.39 is 5.92 Å². The lowest BCUT2D eigenvalue weighted by Crippen LogP contribution is -2.19. The highest BCUT2D eigenvalue weighted by molar-refractivity contribution is 5.93. The standard InChI is InChI=1S/C18H17O2/c19-14-17(13-16-9-5-2-6-10-16)18(20)12-11-15-7-3-1-4-8-15/h1-10,17H,11-13H2. The Morgan fingerprint density at radius 1 is 0.900 bits per heavy atom. The summed E-state index contributed by atoms with van der Waals surface area (Å²) in [6.07, 6.45) is 3.39. The minimum Gasteiger partial charge on any atom is -0.299 e. The maximum absolute atomic E-state index is 12.1. The van der Waals surface area contributed by atoms with E-state index in [1.807, 2.05) is 66.9 Å². The second kappa shape index (κ2) is 7.39. The molecule has 0 N–H and O–H groups in total. The van der Waals surface area contributed by atoms with Gasteiger partial charge in [-0.25, -0.2) is 0 Å². The van der Waals surface area contributed by atoms with Gasteiger partial charge in [0.05, 0.1) is 5.92 Å². The lowest BCUT2D eigenvalue weighted by Gasteiger charge is -2.08. The third-order valence-electron chi connectivity index (χ3n) is 3.32. The van der Waals surface area contributed by atoms with Crippen molar-refractivity contribution in [2.24, 2.45) is 5.92 Å². The third-order valence-corrected chi connectivity index (χ3v) is 3.32. The minimum atomic E-state index is -0.652. The zero-order valence-electron chi connectivity index (χ0n) is 11.3. The second-order valence-electron chi connectivity index (χ2n) is 4.81. The van der Waals surface area contributed by atoms with Gasteiger partial charge >= 0.3 is 0 Å². The number of Topliss-reactive ketones (excluding diaryl/α,β-unsaturated/α-hetero) is 1. The lowest BCUT2D eigenvalue weighted by atomic mass is 9.93. The lowest BCUT2D eigenvalue weighted by molar-refractivity contribution is -0.120. The van der Waals surface area contributed by atoms with E-state index in [1.165, 1.54) is 0 Å². The monoisotopic (exact) mass is 265 g/mol. The molecule has 0 aliphatic rings. The summed E-state index contributed by atoms with van der Waals surface area (Å²) >= 11 is 0. The van der Waals surface area contributed by atoms with Crippen LogP contribution in [0.4, 0.5) is 0 Å². The first-order valence-electron chi connectivity index (χ1n) is 6.78. The molecule has 2 heteroatoms. The van der Waals surface area contributed by atoms with E-state index in [4.69, 9.17) is 0 Å². The number of aryl methyl sites for hydroxylation is 1. The van der Waals surface area contributed by atoms with E-state index >= 15 is 0 Å². The van der Waals surface area contributed by atoms with Gasteiger partial charge in [0.1, 0.15) is 5.78 Å². The molecule has 0 heterocycles. The maximum Gasteiger partial charge on any atom is 0.209 e. The third kappa shape index (κ3) is 4.16. The normalized spacial score (nSPS) is 11.8. The Bertz CT molecular complexity index is 546. The van der Waals surface area contributed by atoms with Crippen molar-refractivity contribution in [3.63, 3.8) is 0 Å². The first-order valence-corrected chi connectivity index (χ1v) is 6.78. The summed E-state index contributed by atoms with van der Waals surface area (Å²) in [4.78, 5) is 23.1. The van der Waals surface area contributed by atoms with Crippen LogP contribution in [-0.2, 0) is 22.4 Å². The van der Waals surface area contributed by atoms with Crippen LogP contribution in [0.3, 0.4) is 0 Å². The quantitative estimate of drug-likeness (QED) is 0.721. The highest BCUT2D eigenvalue weighted by atomic mass is 16.1. The Morgan fingerprint density at radius 3 is 2.00 bits per heavy atom. The Balaban J connectivity index is 1.91. The zero-order valence-corrected chi connectivity index (χ0v) is 11.3. The molecule has 0 amide bonds. The molecular formula is C18H17O2. The van der Waals surface area contributed by atoms with E-state index in [9.17, 15) is 9.59 Å². The molecule has 0 fully saturated rings. The summed E-state index contributed by atoms with van der Waals surface area (Å²) in [5.41, 5.74) is 2.11. The van der Waals surface area contributed by atoms with Crippen molar-refractivity contribution in [1.82, 2.24) is 0 Å². The number of benzene rings is 2. The van der Waals surface area contributed by atoms with Crippen LogP contribution in [0, 0.1) is 5.92 Å². The number of hydrogen-bond acceptors (Lipinski definition) is 2. The van der Waals surface area contributed by atoms with Crippen LogP contribution >= 0.6 is 0 Å². The maximum atomic E-state index is 12.1. The molecule has 1 unspecified atom stereocenters. The first-order chi connectivity index (χ1) is 9.79. The molecule has 1 atom stereocenters. The van der Waals surface area contributed by atoms with Crippen molar-refractivity contribution >= 4 is 12.1 Å². The number of hydrogen-bond donors (Lipinski definition) is 0. The molecule has 0 aromatic heterocycles. The average Bonchev–Trinajstić information content (AvgIpc) is 2.52. The first kappa shape index (κ1) is 14.2. The van der Waals surface area contributed by atoms with Crippen LogP contribution in [0.2, 0.25) is 0 Å². The number of rotatable bonds is 7. The highest BCUT2D eigenvalue weighted by Gasteiger charge is 2.18. The fraction of sp³-hybridized carbons (Fsp3) is 0.222. The Morgan fingerprint density at radius 2 is 1.45 bits per heavy atom. The number of ketones is 1. The molecule has 2 aromatic rings. The molecule has 20 heavy (non-hydrogen) atoms. The Hall–Kier alpha value is -2.22. The zero-order chi connectivity index (χ0) is 14.2. The predicted octanol–water partition coefficient (Wildman–Crippen LogP) is 3.16. The molecule has 2 rings (SSSR count). The van der Waals surface area contributed by atoms with Gasteiger partial charge in [-0.1, -0.05) is 60.7 Å². The van der Waals surface area contributed by atoms with Gasteiger partial charge in [0.15, 0.2) is 0 Å². The van der Waals surface area contributed by atoms with E-state index in [0.717, 1.165) is 11.1 Å². The molecular weight excluding hydrogens is 248 g/mol. The van der Waals surface area contributed by atoms with Crippen molar-refractivity contribution < 1.29 is 9.59 Å². The fourth-order valence-corrected chi connectivity index (χ4v) is 2.16. The summed E-state index contributed by atoms with van der Waals surface area (Å²) in [6, 6.07) is 19.4. The van der Waals surface area contributed by atoms with E-state index in [1.54, 1.807) is 0 Å². The number of carbonyl (C=O) groups is 1. The van der Waals surface area contributed by atoms with E-state index in [-0.39, 0.29) is 5.78 Å². The summed E-state index contributed by atoms with van der Waals surface area (Å²) in [5, 5.41) is 0. The van der Waals surface area contributed by atoms with Gasteiger partial charge in [-0.05, 0) is 24.0 Å². The highest BCUT2D eigenvalue weighted by Crippen LogP contribution is 2.12. The van der Waals surface area contributed by atoms with Gasteiger partial charge in [-0.3, -0.25) is 9.59 Å². The van der Waals surface area contributed by atoms with Crippen molar-refractivity contribution in [2.45, 2.75) is 19.3 Å². The molecule has 0 saturated heterocycles. The van der Waals surface area contributed by atoms with Crippen molar-refractivity contribution in [1.29, 1.82) is 0 Å². The molecule has 0 aliphatic heterocycles. The molecule has 0 spiro atoms. The van der Waals surface area contributed by atoms with Crippen molar-refractivity contribution in [2.75, 3.05) is 0 Å². The molecule has 0 saturated carbocycles. The van der Waals surface area contributed by atoms with E-state index in [0.29, 0.717) is 19.3 Å². The van der Waals surface area contributed by atoms with Crippen LogP contribution in [0.15, 0.2) is 60.7 Å². The van der Waals surface area contributed by atoms with Crippen molar-refractivity contribution in [3.8, 4) is 0 Å². The van der Waals surface area contributed by atoms with Gasteiger partial charge in [0, 0.05) is 6.42 Å². The Kier molecular flexibility index (Phi) is 5.24. The molecule has 0 bridgehead atoms. The van der Waals surface area contributed by atoms with Crippen LogP contribution in [0.1, 0.15) is 17.5 Å². The minimum absolute atomic E-state index is 0.0345. The topological polar surface area (TPSA) is 34.1 Å². The SMILES string of the molecule is O=[C]C(Cc1ccccc1)C(=O)CCc1ccccc1. The van der Waals surface area contributed by atoms with Crippen LogP contribution in [-0.4, -0.2) is 12.1 Å². The van der Waals surface area contributed by atoms with E-state index in [2.05, 4.69) is 0 Å². The van der Waals surface area contributed by atoms with Crippen LogP contribution in [0.5, 0.6) is 0 Å². The molecule has 0 aliphatic carbocycles. The summed E-state index contributed by atoms with van der Waals surface area (Å²) in [5.74, 6) is -0.686. The van der Waals surface area contributed by atoms with Gasteiger partial charge in [-0.2, -0.15) is 0 Å². The molecule has 2 aromatic carbocycles. The Labute approximate surface area is 119 Å². The van der Waals surface area contributed by atoms with Gasteiger partial charge in [0.2, 0.25) is 6.29 Å². The number of carbonyl (C=O) groups excluding carboxylic acids is 2. The predicted molar refractivity (Wildman–Crippen MR) is 79.1 cm³/mol. The van der Waals surface area contributed by atoms with Crippen LogP contribution < -0.4 is 0 Å². The fourth-order valence-electron chi connectivity index (χ4n) is 2.16. The van der Waals surface area contributed by atoms with Crippen molar-refractivity contribution in [3.05, 3.63) is 71.8 Å². The molecule has 101 valence electrons. The smallest absolute Gasteiger partial charge is 0.209 e. The summed E-state index contributed by atoms with van der Waals surface area (Å²) < 4.78 is 0. The largest absolute Gasteiger partial charge is 0.299 e. The van der Waals surface area contributed by atoms with Crippen LogP contribution in [0.25, 0.3) is 0 Å². The summed E-state index contributed by atoms with van der Waals surface area (Å²) in [7, 11) is 0.